The zero-order valence-electron chi connectivity index (χ0n) is 8.49. The monoisotopic (exact) mass is 215 g/mol. The summed E-state index contributed by atoms with van der Waals surface area (Å²) < 4.78 is 1.59. The largest absolute Gasteiger partial charge is 0.321 e. The Hall–Kier alpha value is -0.870. The van der Waals surface area contributed by atoms with Gasteiger partial charge in [0.2, 0.25) is 0 Å². The Morgan fingerprint density at radius 2 is 2.14 bits per heavy atom. The number of Topliss-reactive ketones (excluding diaryl/α,β-unsaturated/α-hetero) is 1. The molecule has 2 N–H and O–H groups in total. The van der Waals surface area contributed by atoms with Crippen LogP contribution in [0.3, 0.4) is 0 Å². The summed E-state index contributed by atoms with van der Waals surface area (Å²) in [4.78, 5) is 11.5. The fourth-order valence-corrected chi connectivity index (χ4v) is 1.50. The molecule has 1 rings (SSSR count). The average Bonchev–Trinajstić information content (AvgIpc) is 2.45. The van der Waals surface area contributed by atoms with E-state index in [0.717, 1.165) is 0 Å². The van der Waals surface area contributed by atoms with Crippen LogP contribution in [0, 0.1) is 0 Å². The minimum Gasteiger partial charge on any atom is -0.321 e. The lowest BCUT2D eigenvalue weighted by Crippen LogP contribution is -2.26. The number of carbonyl (C=O) groups is 1. The van der Waals surface area contributed by atoms with Crippen LogP contribution in [0.2, 0.25) is 5.15 Å². The number of nitrogens with two attached hydrogens (primary N) is 1. The summed E-state index contributed by atoms with van der Waals surface area (Å²) in [5.41, 5.74) is 5.88. The molecule has 0 aliphatic rings. The molecule has 1 aromatic rings. The normalized spacial score (nSPS) is 13.3. The number of carbonyl (C=O) groups excluding carboxylic acids is 1. The summed E-state index contributed by atoms with van der Waals surface area (Å²) in [6.07, 6.45) is 1.47. The van der Waals surface area contributed by atoms with Crippen molar-refractivity contribution in [1.29, 1.82) is 0 Å². The molecular formula is C9H14ClN3O. The first-order valence-corrected chi connectivity index (χ1v) is 4.85. The highest BCUT2D eigenvalue weighted by Crippen LogP contribution is 2.20. The van der Waals surface area contributed by atoms with Crippen LogP contribution in [0.4, 0.5) is 0 Å². The lowest BCUT2D eigenvalue weighted by Gasteiger charge is -2.07. The zero-order chi connectivity index (χ0) is 10.9. The maximum Gasteiger partial charge on any atom is 0.183 e. The second-order valence-corrected chi connectivity index (χ2v) is 3.90. The number of halogens is 1. The molecule has 1 atom stereocenters. The summed E-state index contributed by atoms with van der Waals surface area (Å²) in [6.45, 7) is 5.52. The van der Waals surface area contributed by atoms with Crippen molar-refractivity contribution in [2.75, 3.05) is 0 Å². The number of hydrogen-bond donors (Lipinski definition) is 1. The van der Waals surface area contributed by atoms with Crippen LogP contribution < -0.4 is 5.73 Å². The molecule has 0 amide bonds. The predicted octanol–water partition coefficient (Wildman–Crippen LogP) is 1.65. The molecule has 1 heterocycles. The SMILES string of the molecule is CC(N)C(=O)c1cnn(C(C)C)c1Cl. The quantitative estimate of drug-likeness (QED) is 0.780. The highest BCUT2D eigenvalue weighted by atomic mass is 35.5. The van der Waals surface area contributed by atoms with Gasteiger partial charge in [0.05, 0.1) is 17.8 Å². The second kappa shape index (κ2) is 4.11. The van der Waals surface area contributed by atoms with Crippen molar-refractivity contribution in [3.63, 3.8) is 0 Å². The Morgan fingerprint density at radius 3 is 2.50 bits per heavy atom. The van der Waals surface area contributed by atoms with Gasteiger partial charge >= 0.3 is 0 Å². The fourth-order valence-electron chi connectivity index (χ4n) is 1.12. The number of nitrogens with zero attached hydrogens (tertiary/aromatic N) is 2. The predicted molar refractivity (Wildman–Crippen MR) is 55.6 cm³/mol. The Balaban J connectivity index is 3.07. The van der Waals surface area contributed by atoms with Crippen molar-refractivity contribution in [2.24, 2.45) is 5.73 Å². The number of aromatic nitrogens is 2. The van der Waals surface area contributed by atoms with Gasteiger partial charge in [-0.2, -0.15) is 5.10 Å². The molecule has 4 nitrogen and oxygen atoms in total. The van der Waals surface area contributed by atoms with Gasteiger partial charge in [-0.1, -0.05) is 11.6 Å². The second-order valence-electron chi connectivity index (χ2n) is 3.54. The first kappa shape index (κ1) is 11.2. The summed E-state index contributed by atoms with van der Waals surface area (Å²) in [7, 11) is 0. The number of rotatable bonds is 3. The minimum atomic E-state index is -0.544. The Bertz CT molecular complexity index is 344. The van der Waals surface area contributed by atoms with Gasteiger partial charge in [-0.25, -0.2) is 0 Å². The molecule has 0 bridgehead atoms. The molecule has 0 radical (unpaired) electrons. The summed E-state index contributed by atoms with van der Waals surface area (Å²) in [6, 6.07) is -0.408. The van der Waals surface area contributed by atoms with E-state index in [9.17, 15) is 4.79 Å². The maximum atomic E-state index is 11.5. The maximum absolute atomic E-state index is 11.5. The van der Waals surface area contributed by atoms with E-state index in [-0.39, 0.29) is 11.8 Å². The summed E-state index contributed by atoms with van der Waals surface area (Å²) >= 11 is 5.98. The molecule has 0 fully saturated rings. The van der Waals surface area contributed by atoms with Gasteiger partial charge in [-0.15, -0.1) is 0 Å². The fraction of sp³-hybridized carbons (Fsp3) is 0.556. The van der Waals surface area contributed by atoms with E-state index in [0.29, 0.717) is 10.7 Å². The van der Waals surface area contributed by atoms with Gasteiger partial charge in [-0.3, -0.25) is 9.48 Å². The third-order valence-electron chi connectivity index (χ3n) is 1.90. The van der Waals surface area contributed by atoms with Crippen molar-refractivity contribution in [2.45, 2.75) is 32.9 Å². The Morgan fingerprint density at radius 1 is 1.57 bits per heavy atom. The van der Waals surface area contributed by atoms with Crippen LogP contribution in [0.25, 0.3) is 0 Å². The minimum absolute atomic E-state index is 0.136. The number of hydrogen-bond acceptors (Lipinski definition) is 3. The first-order valence-electron chi connectivity index (χ1n) is 4.48. The Kier molecular flexibility index (Phi) is 3.29. The first-order chi connectivity index (χ1) is 6.45. The van der Waals surface area contributed by atoms with E-state index in [4.69, 9.17) is 17.3 Å². The average molecular weight is 216 g/mol. The molecule has 0 aliphatic carbocycles. The molecule has 0 spiro atoms. The molecule has 1 unspecified atom stereocenters. The molecule has 1 aromatic heterocycles. The van der Waals surface area contributed by atoms with Crippen molar-refractivity contribution >= 4 is 17.4 Å². The van der Waals surface area contributed by atoms with E-state index >= 15 is 0 Å². The molecule has 78 valence electrons. The summed E-state index contributed by atoms with van der Waals surface area (Å²) in [5.74, 6) is -0.179. The lowest BCUT2D eigenvalue weighted by atomic mass is 10.1. The van der Waals surface area contributed by atoms with Gasteiger partial charge in [-0.05, 0) is 20.8 Å². The zero-order valence-corrected chi connectivity index (χ0v) is 9.25. The van der Waals surface area contributed by atoms with Crippen molar-refractivity contribution < 1.29 is 4.79 Å². The molecular weight excluding hydrogens is 202 g/mol. The van der Waals surface area contributed by atoms with Crippen LogP contribution in [0.1, 0.15) is 37.2 Å². The van der Waals surface area contributed by atoms with E-state index < -0.39 is 6.04 Å². The molecule has 0 saturated carbocycles. The molecule has 0 aromatic carbocycles. The van der Waals surface area contributed by atoms with Crippen LogP contribution in [0.5, 0.6) is 0 Å². The topological polar surface area (TPSA) is 60.9 Å². The standard InChI is InChI=1S/C9H14ClN3O/c1-5(2)13-9(10)7(4-12-13)8(14)6(3)11/h4-6H,11H2,1-3H3. The van der Waals surface area contributed by atoms with Crippen molar-refractivity contribution in [1.82, 2.24) is 9.78 Å². The van der Waals surface area contributed by atoms with Crippen LogP contribution >= 0.6 is 11.6 Å². The lowest BCUT2D eigenvalue weighted by molar-refractivity contribution is 0.0968. The van der Waals surface area contributed by atoms with Crippen LogP contribution in [-0.2, 0) is 0 Å². The van der Waals surface area contributed by atoms with Gasteiger partial charge in [0.1, 0.15) is 5.15 Å². The molecule has 14 heavy (non-hydrogen) atoms. The van der Waals surface area contributed by atoms with Crippen molar-refractivity contribution in [3.8, 4) is 0 Å². The third kappa shape index (κ3) is 1.96. The Labute approximate surface area is 88.0 Å². The van der Waals surface area contributed by atoms with Crippen LogP contribution in [-0.4, -0.2) is 21.6 Å². The van der Waals surface area contributed by atoms with E-state index in [1.165, 1.54) is 6.20 Å². The van der Waals surface area contributed by atoms with Gasteiger partial charge in [0, 0.05) is 6.04 Å². The van der Waals surface area contributed by atoms with E-state index in [2.05, 4.69) is 5.10 Å². The summed E-state index contributed by atoms with van der Waals surface area (Å²) in [5, 5.41) is 4.39. The van der Waals surface area contributed by atoms with Gasteiger partial charge in [0.15, 0.2) is 5.78 Å². The third-order valence-corrected chi connectivity index (χ3v) is 2.28. The van der Waals surface area contributed by atoms with Gasteiger partial charge < -0.3 is 5.73 Å². The highest BCUT2D eigenvalue weighted by molar-refractivity contribution is 6.33. The number of ketones is 1. The molecule has 5 heteroatoms. The van der Waals surface area contributed by atoms with E-state index in [1.54, 1.807) is 11.6 Å². The smallest absolute Gasteiger partial charge is 0.183 e. The van der Waals surface area contributed by atoms with E-state index in [1.807, 2.05) is 13.8 Å². The molecule has 0 saturated heterocycles. The highest BCUT2D eigenvalue weighted by Gasteiger charge is 2.19. The molecule has 0 aliphatic heterocycles. The van der Waals surface area contributed by atoms with Gasteiger partial charge in [0.25, 0.3) is 0 Å². The van der Waals surface area contributed by atoms with Crippen molar-refractivity contribution in [3.05, 3.63) is 16.9 Å². The van der Waals surface area contributed by atoms with Crippen LogP contribution in [0.15, 0.2) is 6.20 Å².